The minimum Gasteiger partial charge on any atom is -0.480 e. The second-order valence-corrected chi connectivity index (χ2v) is 7.74. The van der Waals surface area contributed by atoms with Gasteiger partial charge in [0.25, 0.3) is 0 Å². The zero-order chi connectivity index (χ0) is 20.4. The lowest BCUT2D eigenvalue weighted by Crippen LogP contribution is -2.55. The van der Waals surface area contributed by atoms with Gasteiger partial charge in [0.05, 0.1) is 12.4 Å². The van der Waals surface area contributed by atoms with E-state index in [2.05, 4.69) is 20.6 Å². The summed E-state index contributed by atoms with van der Waals surface area (Å²) in [5.41, 5.74) is 6.63. The Labute approximate surface area is 163 Å². The second-order valence-electron chi connectivity index (χ2n) is 6.76. The molecule has 0 fully saturated rings. The van der Waals surface area contributed by atoms with Crippen molar-refractivity contribution in [2.45, 2.75) is 51.2 Å². The Bertz CT molecular complexity index is 608. The lowest BCUT2D eigenvalue weighted by Gasteiger charge is -2.24. The van der Waals surface area contributed by atoms with E-state index in [1.165, 1.54) is 18.1 Å². The standard InChI is InChI=1S/C17H29N5O4S/c1-10(2)6-14(16(24)21-13(17(25)26)4-5-27-3)22-15(23)12(18)7-11-8-19-9-20-11/h8-10,12-14H,4-7,18H2,1-3H3,(H,19,20)(H,21,24)(H,22,23)(H,25,26). The molecule has 0 saturated carbocycles. The molecule has 152 valence electrons. The molecular formula is C17H29N5O4S. The molecule has 1 aromatic rings. The van der Waals surface area contributed by atoms with Crippen LogP contribution in [0.25, 0.3) is 0 Å². The van der Waals surface area contributed by atoms with E-state index in [1.807, 2.05) is 20.1 Å². The number of hydrogen-bond donors (Lipinski definition) is 5. The van der Waals surface area contributed by atoms with E-state index in [-0.39, 0.29) is 12.3 Å². The van der Waals surface area contributed by atoms with Crippen LogP contribution >= 0.6 is 11.8 Å². The third kappa shape index (κ3) is 8.44. The van der Waals surface area contributed by atoms with Crippen molar-refractivity contribution in [3.8, 4) is 0 Å². The number of aromatic nitrogens is 2. The molecule has 9 nitrogen and oxygen atoms in total. The molecule has 2 amide bonds. The first-order valence-corrected chi connectivity index (χ1v) is 10.2. The number of aromatic amines is 1. The molecule has 0 aliphatic rings. The summed E-state index contributed by atoms with van der Waals surface area (Å²) >= 11 is 1.50. The highest BCUT2D eigenvalue weighted by Crippen LogP contribution is 2.08. The molecule has 6 N–H and O–H groups in total. The molecule has 0 saturated heterocycles. The lowest BCUT2D eigenvalue weighted by atomic mass is 10.0. The number of imidazole rings is 1. The zero-order valence-corrected chi connectivity index (χ0v) is 16.7. The SMILES string of the molecule is CSCCC(NC(=O)C(CC(C)C)NC(=O)C(N)Cc1cnc[nH]1)C(=O)O. The normalized spacial score (nSPS) is 14.4. The number of nitrogens with zero attached hydrogens (tertiary/aromatic N) is 1. The van der Waals surface area contributed by atoms with E-state index < -0.39 is 35.9 Å². The minimum absolute atomic E-state index is 0.124. The largest absolute Gasteiger partial charge is 0.480 e. The molecule has 0 aromatic carbocycles. The van der Waals surface area contributed by atoms with Gasteiger partial charge in [-0.25, -0.2) is 9.78 Å². The van der Waals surface area contributed by atoms with Crippen molar-refractivity contribution in [1.82, 2.24) is 20.6 Å². The van der Waals surface area contributed by atoms with Gasteiger partial charge in [-0.15, -0.1) is 0 Å². The maximum atomic E-state index is 12.6. The van der Waals surface area contributed by atoms with E-state index in [9.17, 15) is 19.5 Å². The molecule has 0 aliphatic carbocycles. The number of aliphatic carboxylic acids is 1. The number of H-pyrrole nitrogens is 1. The number of carbonyl (C=O) groups is 3. The highest BCUT2D eigenvalue weighted by molar-refractivity contribution is 7.98. The van der Waals surface area contributed by atoms with Crippen molar-refractivity contribution in [2.24, 2.45) is 11.7 Å². The smallest absolute Gasteiger partial charge is 0.326 e. The Morgan fingerprint density at radius 1 is 1.26 bits per heavy atom. The van der Waals surface area contributed by atoms with E-state index in [0.29, 0.717) is 24.3 Å². The van der Waals surface area contributed by atoms with Gasteiger partial charge in [0.15, 0.2) is 0 Å². The highest BCUT2D eigenvalue weighted by Gasteiger charge is 2.28. The number of amides is 2. The summed E-state index contributed by atoms with van der Waals surface area (Å²) in [7, 11) is 0. The summed E-state index contributed by atoms with van der Waals surface area (Å²) in [6.45, 7) is 3.83. The van der Waals surface area contributed by atoms with E-state index in [1.54, 1.807) is 6.20 Å². The quantitative estimate of drug-likeness (QED) is 0.335. The third-order valence-corrected chi connectivity index (χ3v) is 4.54. The summed E-state index contributed by atoms with van der Waals surface area (Å²) in [6.07, 6.45) is 5.88. The topological polar surface area (TPSA) is 150 Å². The summed E-state index contributed by atoms with van der Waals surface area (Å²) < 4.78 is 0. The maximum Gasteiger partial charge on any atom is 0.326 e. The predicted octanol–water partition coefficient (Wildman–Crippen LogP) is 0.133. The van der Waals surface area contributed by atoms with Gasteiger partial charge in [0.2, 0.25) is 11.8 Å². The molecule has 27 heavy (non-hydrogen) atoms. The molecule has 10 heteroatoms. The number of carbonyl (C=O) groups excluding carboxylic acids is 2. The van der Waals surface area contributed by atoms with Gasteiger partial charge >= 0.3 is 5.97 Å². The van der Waals surface area contributed by atoms with Crippen molar-refractivity contribution in [2.75, 3.05) is 12.0 Å². The summed E-state index contributed by atoms with van der Waals surface area (Å²) in [6, 6.07) is -2.68. The van der Waals surface area contributed by atoms with Crippen LogP contribution in [0.2, 0.25) is 0 Å². The Morgan fingerprint density at radius 2 is 1.93 bits per heavy atom. The molecular weight excluding hydrogens is 370 g/mol. The van der Waals surface area contributed by atoms with E-state index >= 15 is 0 Å². The third-order valence-electron chi connectivity index (χ3n) is 3.90. The molecule has 1 aromatic heterocycles. The molecule has 3 atom stereocenters. The van der Waals surface area contributed by atoms with Crippen molar-refractivity contribution < 1.29 is 19.5 Å². The number of thioether (sulfide) groups is 1. The first-order valence-electron chi connectivity index (χ1n) is 8.79. The molecule has 1 rings (SSSR count). The summed E-state index contributed by atoms with van der Waals surface area (Å²) in [5.74, 6) is -1.35. The van der Waals surface area contributed by atoms with Crippen LogP contribution in [0.4, 0.5) is 0 Å². The van der Waals surface area contributed by atoms with Crippen molar-refractivity contribution in [3.05, 3.63) is 18.2 Å². The van der Waals surface area contributed by atoms with Gasteiger partial charge < -0.3 is 26.5 Å². The Balaban J connectivity index is 2.73. The Kier molecular flexibility index (Phi) is 9.87. The molecule has 0 radical (unpaired) electrons. The van der Waals surface area contributed by atoms with Crippen LogP contribution in [-0.4, -0.2) is 63.0 Å². The summed E-state index contributed by atoms with van der Waals surface area (Å²) in [4.78, 5) is 43.1. The average Bonchev–Trinajstić information content (AvgIpc) is 3.09. The van der Waals surface area contributed by atoms with Gasteiger partial charge in [0, 0.05) is 18.3 Å². The molecule has 0 aliphatic heterocycles. The minimum atomic E-state index is -1.09. The first kappa shape index (κ1) is 23.0. The monoisotopic (exact) mass is 399 g/mol. The van der Waals surface area contributed by atoms with Gasteiger partial charge in [-0.2, -0.15) is 11.8 Å². The van der Waals surface area contributed by atoms with Gasteiger partial charge in [-0.05, 0) is 30.8 Å². The van der Waals surface area contributed by atoms with Crippen LogP contribution < -0.4 is 16.4 Å². The number of rotatable bonds is 12. The fourth-order valence-electron chi connectivity index (χ4n) is 2.47. The van der Waals surface area contributed by atoms with Crippen molar-refractivity contribution >= 4 is 29.5 Å². The van der Waals surface area contributed by atoms with Crippen LogP contribution in [0.5, 0.6) is 0 Å². The average molecular weight is 400 g/mol. The Hall–Kier alpha value is -2.07. The summed E-state index contributed by atoms with van der Waals surface area (Å²) in [5, 5.41) is 14.5. The second kappa shape index (κ2) is 11.6. The number of carboxylic acids is 1. The zero-order valence-electron chi connectivity index (χ0n) is 15.9. The Morgan fingerprint density at radius 3 is 2.44 bits per heavy atom. The molecule has 3 unspecified atom stereocenters. The van der Waals surface area contributed by atoms with Crippen LogP contribution in [0.3, 0.4) is 0 Å². The fraction of sp³-hybridized carbons (Fsp3) is 0.647. The van der Waals surface area contributed by atoms with Crippen LogP contribution in [0, 0.1) is 5.92 Å². The van der Waals surface area contributed by atoms with Crippen LogP contribution in [-0.2, 0) is 20.8 Å². The molecule has 0 spiro atoms. The maximum absolute atomic E-state index is 12.6. The first-order chi connectivity index (χ1) is 12.7. The fourth-order valence-corrected chi connectivity index (χ4v) is 2.94. The number of nitrogens with two attached hydrogens (primary N) is 1. The van der Waals surface area contributed by atoms with E-state index in [4.69, 9.17) is 5.73 Å². The van der Waals surface area contributed by atoms with Crippen LogP contribution in [0.1, 0.15) is 32.4 Å². The van der Waals surface area contributed by atoms with Gasteiger partial charge in [0.1, 0.15) is 12.1 Å². The highest BCUT2D eigenvalue weighted by atomic mass is 32.2. The van der Waals surface area contributed by atoms with Crippen molar-refractivity contribution in [3.63, 3.8) is 0 Å². The molecule has 1 heterocycles. The number of hydrogen-bond acceptors (Lipinski definition) is 6. The molecule has 0 bridgehead atoms. The predicted molar refractivity (Wildman–Crippen MR) is 104 cm³/mol. The number of carboxylic acid groups (broad SMARTS) is 1. The number of nitrogens with one attached hydrogen (secondary N) is 3. The lowest BCUT2D eigenvalue weighted by molar-refractivity contribution is -0.142. The van der Waals surface area contributed by atoms with Crippen molar-refractivity contribution in [1.29, 1.82) is 0 Å². The van der Waals surface area contributed by atoms with Crippen LogP contribution in [0.15, 0.2) is 12.5 Å². The van der Waals surface area contributed by atoms with Gasteiger partial charge in [-0.3, -0.25) is 9.59 Å². The van der Waals surface area contributed by atoms with E-state index in [0.717, 1.165) is 0 Å². The van der Waals surface area contributed by atoms with Gasteiger partial charge in [-0.1, -0.05) is 13.8 Å².